The van der Waals surface area contributed by atoms with Crippen molar-refractivity contribution in [2.45, 2.75) is 82.8 Å². The minimum absolute atomic E-state index is 0.0985. The number of carboxylic acid groups (broad SMARTS) is 1. The van der Waals surface area contributed by atoms with Crippen molar-refractivity contribution < 1.29 is 19.4 Å². The molecular formula is C32H41NO4. The average Bonchev–Trinajstić information content (AvgIpc) is 2.91. The summed E-state index contributed by atoms with van der Waals surface area (Å²) in [5, 5.41) is 11.5. The van der Waals surface area contributed by atoms with Crippen LogP contribution in [0.2, 0.25) is 0 Å². The number of aliphatic carboxylic acids is 1. The molecule has 0 saturated heterocycles. The van der Waals surface area contributed by atoms with Gasteiger partial charge in [0.2, 0.25) is 0 Å². The predicted octanol–water partition coefficient (Wildman–Crippen LogP) is 7.15. The lowest BCUT2D eigenvalue weighted by molar-refractivity contribution is -0.136. The van der Waals surface area contributed by atoms with Crippen LogP contribution in [0.4, 0.5) is 0 Å². The molecule has 0 radical (unpaired) electrons. The second-order valence-corrected chi connectivity index (χ2v) is 10.3. The summed E-state index contributed by atoms with van der Waals surface area (Å²) in [4.78, 5) is 23.2. The Labute approximate surface area is 221 Å². The lowest BCUT2D eigenvalue weighted by Crippen LogP contribution is -2.49. The molecule has 0 aromatic heterocycles. The van der Waals surface area contributed by atoms with Gasteiger partial charge in [-0.15, -0.1) is 0 Å². The number of amides is 1. The number of nitrogens with one attached hydrogen (secondary N) is 1. The monoisotopic (exact) mass is 503 g/mol. The molecule has 2 aromatic carbocycles. The summed E-state index contributed by atoms with van der Waals surface area (Å²) < 4.78 is 7.15. The van der Waals surface area contributed by atoms with E-state index in [1.807, 2.05) is 18.2 Å². The SMILES string of the molecule is CCCCCCC(OC1(C(C)(C)c2ccccc2)C=CC=CC1)c1ccc(C(=O)NCCC(=O)O)cc1. The van der Waals surface area contributed by atoms with Crippen molar-refractivity contribution in [2.75, 3.05) is 6.54 Å². The number of hydrogen-bond acceptors (Lipinski definition) is 3. The highest BCUT2D eigenvalue weighted by molar-refractivity contribution is 5.94. The smallest absolute Gasteiger partial charge is 0.305 e. The van der Waals surface area contributed by atoms with Crippen molar-refractivity contribution in [3.05, 3.63) is 95.6 Å². The summed E-state index contributed by atoms with van der Waals surface area (Å²) in [5.41, 5.74) is 1.99. The summed E-state index contributed by atoms with van der Waals surface area (Å²) in [6.07, 6.45) is 14.6. The third-order valence-corrected chi connectivity index (χ3v) is 7.43. The van der Waals surface area contributed by atoms with Gasteiger partial charge in [-0.1, -0.05) is 113 Å². The molecule has 37 heavy (non-hydrogen) atoms. The Bertz CT molecular complexity index is 1070. The number of carbonyl (C=O) groups excluding carboxylic acids is 1. The molecule has 0 bridgehead atoms. The Hall–Kier alpha value is -3.18. The Balaban J connectivity index is 1.87. The fourth-order valence-electron chi connectivity index (χ4n) is 4.94. The number of benzene rings is 2. The van der Waals surface area contributed by atoms with Gasteiger partial charge in [0.05, 0.1) is 18.1 Å². The third-order valence-electron chi connectivity index (χ3n) is 7.43. The molecule has 0 saturated carbocycles. The van der Waals surface area contributed by atoms with Gasteiger partial charge in [-0.05, 0) is 36.1 Å². The van der Waals surface area contributed by atoms with E-state index in [0.717, 1.165) is 31.2 Å². The number of hydrogen-bond donors (Lipinski definition) is 2. The molecule has 2 aromatic rings. The van der Waals surface area contributed by atoms with Gasteiger partial charge in [0.15, 0.2) is 0 Å². The van der Waals surface area contributed by atoms with Gasteiger partial charge in [-0.25, -0.2) is 0 Å². The summed E-state index contributed by atoms with van der Waals surface area (Å²) in [7, 11) is 0. The van der Waals surface area contributed by atoms with E-state index in [1.165, 1.54) is 18.4 Å². The van der Waals surface area contributed by atoms with Crippen LogP contribution in [0, 0.1) is 0 Å². The molecule has 2 unspecified atom stereocenters. The summed E-state index contributed by atoms with van der Waals surface area (Å²) in [5.74, 6) is -1.20. The van der Waals surface area contributed by atoms with Crippen LogP contribution in [0.5, 0.6) is 0 Å². The van der Waals surface area contributed by atoms with Crippen molar-refractivity contribution in [1.29, 1.82) is 0 Å². The first-order valence-corrected chi connectivity index (χ1v) is 13.5. The maximum atomic E-state index is 12.5. The van der Waals surface area contributed by atoms with E-state index < -0.39 is 11.6 Å². The highest BCUT2D eigenvalue weighted by Crippen LogP contribution is 2.46. The summed E-state index contributed by atoms with van der Waals surface area (Å²) >= 11 is 0. The fourth-order valence-corrected chi connectivity index (χ4v) is 4.94. The number of unbranched alkanes of at least 4 members (excludes halogenated alkanes) is 3. The molecule has 3 rings (SSSR count). The van der Waals surface area contributed by atoms with Crippen molar-refractivity contribution in [2.24, 2.45) is 0 Å². The first kappa shape index (κ1) is 28.4. The first-order valence-electron chi connectivity index (χ1n) is 13.5. The van der Waals surface area contributed by atoms with Crippen LogP contribution in [0.25, 0.3) is 0 Å². The molecule has 2 N–H and O–H groups in total. The van der Waals surface area contributed by atoms with Crippen LogP contribution in [0.1, 0.15) is 93.3 Å². The van der Waals surface area contributed by atoms with E-state index in [2.05, 4.69) is 74.7 Å². The standard InChI is InChI=1S/C32H41NO4/c1-4-5-6-11-16-28(25-17-19-26(20-18-25)30(36)33-24-21-29(34)35)37-32(22-12-8-13-23-32)31(2,3)27-14-9-7-10-15-27/h7-10,12-15,17-20,22,28H,4-6,11,16,21,23-24H2,1-3H3,(H,33,36)(H,34,35). The number of carboxylic acids is 1. The number of rotatable bonds is 14. The molecule has 5 heteroatoms. The second-order valence-electron chi connectivity index (χ2n) is 10.3. The van der Waals surface area contributed by atoms with Gasteiger partial charge in [0, 0.05) is 17.5 Å². The van der Waals surface area contributed by atoms with E-state index in [4.69, 9.17) is 9.84 Å². The predicted molar refractivity (Wildman–Crippen MR) is 149 cm³/mol. The van der Waals surface area contributed by atoms with Gasteiger partial charge in [-0.3, -0.25) is 9.59 Å². The number of allylic oxidation sites excluding steroid dienone is 2. The number of carbonyl (C=O) groups is 2. The molecule has 1 amide bonds. The zero-order valence-electron chi connectivity index (χ0n) is 22.4. The van der Waals surface area contributed by atoms with E-state index in [9.17, 15) is 9.59 Å². The highest BCUT2D eigenvalue weighted by atomic mass is 16.5. The van der Waals surface area contributed by atoms with Crippen LogP contribution < -0.4 is 5.32 Å². The Morgan fingerprint density at radius 1 is 1.03 bits per heavy atom. The van der Waals surface area contributed by atoms with Gasteiger partial charge in [0.1, 0.15) is 0 Å². The van der Waals surface area contributed by atoms with E-state index in [0.29, 0.717) is 5.56 Å². The molecule has 1 aliphatic carbocycles. The largest absolute Gasteiger partial charge is 0.481 e. The maximum Gasteiger partial charge on any atom is 0.305 e. The third kappa shape index (κ3) is 7.42. The topological polar surface area (TPSA) is 75.6 Å². The van der Waals surface area contributed by atoms with Crippen LogP contribution in [0.15, 0.2) is 78.9 Å². The Kier molecular flexibility index (Phi) is 10.3. The molecule has 5 nitrogen and oxygen atoms in total. The minimum Gasteiger partial charge on any atom is -0.481 e. The lowest BCUT2D eigenvalue weighted by atomic mass is 9.67. The highest BCUT2D eigenvalue weighted by Gasteiger charge is 2.46. The van der Waals surface area contributed by atoms with Crippen LogP contribution >= 0.6 is 0 Å². The molecule has 0 heterocycles. The van der Waals surface area contributed by atoms with E-state index >= 15 is 0 Å². The number of ether oxygens (including phenoxy) is 1. The van der Waals surface area contributed by atoms with Crippen LogP contribution in [-0.2, 0) is 14.9 Å². The van der Waals surface area contributed by atoms with Gasteiger partial charge >= 0.3 is 5.97 Å². The van der Waals surface area contributed by atoms with E-state index in [1.54, 1.807) is 12.1 Å². The summed E-state index contributed by atoms with van der Waals surface area (Å²) in [6.45, 7) is 6.83. The normalized spacial score (nSPS) is 17.9. The molecule has 0 spiro atoms. The zero-order valence-corrected chi connectivity index (χ0v) is 22.4. The van der Waals surface area contributed by atoms with Crippen molar-refractivity contribution in [3.8, 4) is 0 Å². The second kappa shape index (κ2) is 13.4. The molecule has 198 valence electrons. The zero-order chi connectivity index (χ0) is 26.7. The van der Waals surface area contributed by atoms with Gasteiger partial charge in [0.25, 0.3) is 5.91 Å². The molecule has 1 aliphatic rings. The van der Waals surface area contributed by atoms with E-state index in [-0.39, 0.29) is 30.4 Å². The van der Waals surface area contributed by atoms with Crippen LogP contribution in [-0.4, -0.2) is 29.1 Å². The van der Waals surface area contributed by atoms with Gasteiger partial charge in [-0.2, -0.15) is 0 Å². The molecule has 2 atom stereocenters. The van der Waals surface area contributed by atoms with Gasteiger partial charge < -0.3 is 15.2 Å². The molecular weight excluding hydrogens is 462 g/mol. The Morgan fingerprint density at radius 2 is 1.76 bits per heavy atom. The quantitative estimate of drug-likeness (QED) is 0.268. The van der Waals surface area contributed by atoms with Crippen molar-refractivity contribution in [1.82, 2.24) is 5.32 Å². The first-order chi connectivity index (χ1) is 17.8. The van der Waals surface area contributed by atoms with Crippen molar-refractivity contribution >= 4 is 11.9 Å². The minimum atomic E-state index is -0.933. The summed E-state index contributed by atoms with van der Waals surface area (Å²) in [6, 6.07) is 18.1. The molecule has 0 aliphatic heterocycles. The Morgan fingerprint density at radius 3 is 2.38 bits per heavy atom. The lowest BCUT2D eigenvalue weighted by Gasteiger charge is -2.47. The van der Waals surface area contributed by atoms with Crippen LogP contribution in [0.3, 0.4) is 0 Å². The van der Waals surface area contributed by atoms with Crippen molar-refractivity contribution in [3.63, 3.8) is 0 Å². The average molecular weight is 504 g/mol. The fraction of sp³-hybridized carbons (Fsp3) is 0.438. The molecule has 0 fully saturated rings. The maximum absolute atomic E-state index is 12.5.